The van der Waals surface area contributed by atoms with E-state index in [2.05, 4.69) is 14.5 Å². The first-order chi connectivity index (χ1) is 8.93. The van der Waals surface area contributed by atoms with Gasteiger partial charge in [-0.1, -0.05) is 0 Å². The molecular formula is C14H16N4. The van der Waals surface area contributed by atoms with Crippen LogP contribution < -0.4 is 0 Å². The molecule has 1 saturated carbocycles. The molecule has 2 aliphatic rings. The van der Waals surface area contributed by atoms with Crippen molar-refractivity contribution >= 4 is 0 Å². The van der Waals surface area contributed by atoms with Crippen LogP contribution in [-0.4, -0.2) is 19.5 Å². The minimum absolute atomic E-state index is 0.676. The van der Waals surface area contributed by atoms with Crippen molar-refractivity contribution in [3.8, 4) is 11.4 Å². The van der Waals surface area contributed by atoms with Gasteiger partial charge in [0, 0.05) is 24.1 Å². The van der Waals surface area contributed by atoms with E-state index in [1.807, 2.05) is 12.4 Å². The van der Waals surface area contributed by atoms with E-state index in [1.54, 1.807) is 6.33 Å². The zero-order chi connectivity index (χ0) is 11.9. The number of rotatable bonds is 2. The highest BCUT2D eigenvalue weighted by Gasteiger charge is 2.31. The van der Waals surface area contributed by atoms with Crippen LogP contribution in [0.5, 0.6) is 0 Å². The Morgan fingerprint density at radius 1 is 1.06 bits per heavy atom. The Hall–Kier alpha value is -1.71. The Labute approximate surface area is 106 Å². The van der Waals surface area contributed by atoms with Gasteiger partial charge >= 0.3 is 0 Å². The van der Waals surface area contributed by atoms with Crippen molar-refractivity contribution < 1.29 is 0 Å². The Kier molecular flexibility index (Phi) is 2.22. The Balaban J connectivity index is 1.89. The number of hydrogen-bond donors (Lipinski definition) is 0. The number of nitrogens with zero attached hydrogens (tertiary/aromatic N) is 4. The molecule has 0 bridgehead atoms. The highest BCUT2D eigenvalue weighted by molar-refractivity contribution is 5.55. The third kappa shape index (κ3) is 1.55. The molecule has 4 rings (SSSR count). The lowest BCUT2D eigenvalue weighted by Gasteiger charge is -2.14. The molecule has 2 heterocycles. The van der Waals surface area contributed by atoms with Crippen molar-refractivity contribution in [3.05, 3.63) is 30.1 Å². The van der Waals surface area contributed by atoms with E-state index < -0.39 is 0 Å². The predicted molar refractivity (Wildman–Crippen MR) is 68.2 cm³/mol. The quantitative estimate of drug-likeness (QED) is 0.810. The van der Waals surface area contributed by atoms with Crippen LogP contribution in [0.2, 0.25) is 0 Å². The monoisotopic (exact) mass is 240 g/mol. The first-order valence-corrected chi connectivity index (χ1v) is 6.79. The summed E-state index contributed by atoms with van der Waals surface area (Å²) in [7, 11) is 0. The molecule has 0 amide bonds. The molecule has 4 nitrogen and oxygen atoms in total. The second-order valence-electron chi connectivity index (χ2n) is 5.26. The minimum atomic E-state index is 0.676. The fraction of sp³-hybridized carbons (Fsp3) is 0.500. The van der Waals surface area contributed by atoms with E-state index in [-0.39, 0.29) is 0 Å². The van der Waals surface area contributed by atoms with E-state index >= 15 is 0 Å². The van der Waals surface area contributed by atoms with Crippen LogP contribution in [0.25, 0.3) is 11.4 Å². The van der Waals surface area contributed by atoms with Crippen molar-refractivity contribution in [1.82, 2.24) is 19.5 Å². The maximum Gasteiger partial charge on any atom is 0.143 e. The standard InChI is InChI=1S/C14H16N4/c1-2-4-13-12(3-1)17-14(18(13)11-5-6-11)10-7-15-9-16-8-10/h7-9,11H,1-6H2. The fourth-order valence-electron chi connectivity index (χ4n) is 2.91. The van der Waals surface area contributed by atoms with Gasteiger partial charge in [0.15, 0.2) is 0 Å². The number of hydrogen-bond acceptors (Lipinski definition) is 3. The lowest BCUT2D eigenvalue weighted by Crippen LogP contribution is -2.08. The molecule has 0 unspecified atom stereocenters. The molecule has 0 radical (unpaired) electrons. The van der Waals surface area contributed by atoms with Crippen molar-refractivity contribution in [2.45, 2.75) is 44.6 Å². The molecule has 0 aliphatic heterocycles. The third-order valence-corrected chi connectivity index (χ3v) is 3.90. The average Bonchev–Trinajstić information content (AvgIpc) is 3.19. The summed E-state index contributed by atoms with van der Waals surface area (Å²) in [4.78, 5) is 13.1. The van der Waals surface area contributed by atoms with Gasteiger partial charge < -0.3 is 4.57 Å². The van der Waals surface area contributed by atoms with Gasteiger partial charge in [0.2, 0.25) is 0 Å². The van der Waals surface area contributed by atoms with Gasteiger partial charge in [-0.3, -0.25) is 0 Å². The summed E-state index contributed by atoms with van der Waals surface area (Å²) in [6.45, 7) is 0. The number of imidazole rings is 1. The van der Waals surface area contributed by atoms with Gasteiger partial charge in [0.05, 0.1) is 11.3 Å². The van der Waals surface area contributed by atoms with Gasteiger partial charge in [-0.15, -0.1) is 0 Å². The van der Waals surface area contributed by atoms with Crippen molar-refractivity contribution in [1.29, 1.82) is 0 Å². The lowest BCUT2D eigenvalue weighted by atomic mass is 10.0. The summed E-state index contributed by atoms with van der Waals surface area (Å²) in [5, 5.41) is 0. The molecular weight excluding hydrogens is 224 g/mol. The van der Waals surface area contributed by atoms with Crippen LogP contribution in [-0.2, 0) is 12.8 Å². The Morgan fingerprint density at radius 3 is 2.61 bits per heavy atom. The first-order valence-electron chi connectivity index (χ1n) is 6.79. The molecule has 0 atom stereocenters. The van der Waals surface area contributed by atoms with Gasteiger partial charge in [-0.25, -0.2) is 15.0 Å². The molecule has 0 spiro atoms. The first kappa shape index (κ1) is 10.2. The summed E-state index contributed by atoms with van der Waals surface area (Å²) in [5.41, 5.74) is 3.84. The predicted octanol–water partition coefficient (Wildman–Crippen LogP) is 2.55. The number of aryl methyl sites for hydroxylation is 1. The van der Waals surface area contributed by atoms with Crippen molar-refractivity contribution in [3.63, 3.8) is 0 Å². The highest BCUT2D eigenvalue weighted by atomic mass is 15.1. The van der Waals surface area contributed by atoms with E-state index in [0.29, 0.717) is 6.04 Å². The molecule has 0 saturated heterocycles. The fourth-order valence-corrected chi connectivity index (χ4v) is 2.91. The van der Waals surface area contributed by atoms with Crippen LogP contribution >= 0.6 is 0 Å². The van der Waals surface area contributed by atoms with E-state index in [1.165, 1.54) is 43.5 Å². The topological polar surface area (TPSA) is 43.6 Å². The maximum atomic E-state index is 4.87. The molecule has 92 valence electrons. The normalized spacial score (nSPS) is 18.7. The molecule has 2 aromatic rings. The van der Waals surface area contributed by atoms with Crippen LogP contribution in [0.3, 0.4) is 0 Å². The van der Waals surface area contributed by atoms with Crippen LogP contribution in [0.4, 0.5) is 0 Å². The molecule has 0 N–H and O–H groups in total. The average molecular weight is 240 g/mol. The Bertz CT molecular complexity index is 569. The van der Waals surface area contributed by atoms with Crippen molar-refractivity contribution in [2.24, 2.45) is 0 Å². The van der Waals surface area contributed by atoms with Gasteiger partial charge in [-0.2, -0.15) is 0 Å². The second-order valence-corrected chi connectivity index (χ2v) is 5.26. The van der Waals surface area contributed by atoms with Gasteiger partial charge in [0.25, 0.3) is 0 Å². The summed E-state index contributed by atoms with van der Waals surface area (Å²) in [6.07, 6.45) is 12.8. The summed E-state index contributed by atoms with van der Waals surface area (Å²) in [6, 6.07) is 0.676. The van der Waals surface area contributed by atoms with Crippen LogP contribution in [0.1, 0.15) is 43.1 Å². The molecule has 4 heteroatoms. The SMILES string of the molecule is c1ncc(-c2nc3c(n2C2CC2)CCCC3)cn1. The minimum Gasteiger partial charge on any atom is -0.325 e. The largest absolute Gasteiger partial charge is 0.325 e. The highest BCUT2D eigenvalue weighted by Crippen LogP contribution is 2.41. The van der Waals surface area contributed by atoms with Crippen molar-refractivity contribution in [2.75, 3.05) is 0 Å². The number of aromatic nitrogens is 4. The van der Waals surface area contributed by atoms with E-state index in [0.717, 1.165) is 17.8 Å². The molecule has 0 aromatic carbocycles. The molecule has 18 heavy (non-hydrogen) atoms. The molecule has 2 aromatic heterocycles. The smallest absolute Gasteiger partial charge is 0.143 e. The zero-order valence-corrected chi connectivity index (χ0v) is 10.3. The lowest BCUT2D eigenvalue weighted by molar-refractivity contribution is 0.616. The van der Waals surface area contributed by atoms with Gasteiger partial charge in [-0.05, 0) is 38.5 Å². The van der Waals surface area contributed by atoms with E-state index in [9.17, 15) is 0 Å². The van der Waals surface area contributed by atoms with Crippen LogP contribution in [0.15, 0.2) is 18.7 Å². The molecule has 1 fully saturated rings. The summed E-state index contributed by atoms with van der Waals surface area (Å²) >= 11 is 0. The van der Waals surface area contributed by atoms with Crippen LogP contribution in [0, 0.1) is 0 Å². The summed E-state index contributed by atoms with van der Waals surface area (Å²) in [5.74, 6) is 1.09. The Morgan fingerprint density at radius 2 is 1.83 bits per heavy atom. The van der Waals surface area contributed by atoms with Gasteiger partial charge in [0.1, 0.15) is 12.2 Å². The summed E-state index contributed by atoms with van der Waals surface area (Å²) < 4.78 is 2.47. The maximum absolute atomic E-state index is 4.87. The molecule has 2 aliphatic carbocycles. The van der Waals surface area contributed by atoms with E-state index in [4.69, 9.17) is 4.98 Å². The second kappa shape index (κ2) is 3.90. The third-order valence-electron chi connectivity index (χ3n) is 3.90. The zero-order valence-electron chi connectivity index (χ0n) is 10.3. The number of fused-ring (bicyclic) bond motifs is 1.